The van der Waals surface area contributed by atoms with Crippen molar-refractivity contribution in [2.24, 2.45) is 11.7 Å². The lowest BCUT2D eigenvalue weighted by Crippen LogP contribution is -2.33. The van der Waals surface area contributed by atoms with Crippen molar-refractivity contribution >= 4 is 5.97 Å². The molecule has 1 unspecified atom stereocenters. The lowest BCUT2D eigenvalue weighted by molar-refractivity contribution is -0.146. The van der Waals surface area contributed by atoms with E-state index in [1.165, 1.54) is 0 Å². The van der Waals surface area contributed by atoms with Crippen molar-refractivity contribution in [3.8, 4) is 0 Å². The van der Waals surface area contributed by atoms with Crippen LogP contribution in [0.4, 0.5) is 0 Å². The van der Waals surface area contributed by atoms with Crippen LogP contribution in [-0.2, 0) is 9.53 Å². The summed E-state index contributed by atoms with van der Waals surface area (Å²) < 4.78 is 4.91. The number of aliphatic hydroxyl groups is 1. The number of carbonyl (C=O) groups excluding carboxylic acids is 1. The molecule has 0 aromatic heterocycles. The predicted octanol–water partition coefficient (Wildman–Crippen LogP) is -0.351. The second-order valence-electron chi connectivity index (χ2n) is 3.19. The lowest BCUT2D eigenvalue weighted by atomic mass is 10.2. The summed E-state index contributed by atoms with van der Waals surface area (Å²) in [5, 5.41) is 8.49. The fourth-order valence-electron chi connectivity index (χ4n) is 0.848. The molecule has 0 saturated heterocycles. The molecule has 1 aliphatic rings. The van der Waals surface area contributed by atoms with Crippen LogP contribution in [0.5, 0.6) is 0 Å². The topological polar surface area (TPSA) is 72.5 Å². The Kier molecular flexibility index (Phi) is 3.49. The van der Waals surface area contributed by atoms with Gasteiger partial charge >= 0.3 is 5.97 Å². The van der Waals surface area contributed by atoms with Gasteiger partial charge in [-0.05, 0) is 25.2 Å². The maximum absolute atomic E-state index is 11.0. The van der Waals surface area contributed by atoms with Crippen LogP contribution in [0.25, 0.3) is 0 Å². The molecule has 0 aliphatic heterocycles. The van der Waals surface area contributed by atoms with Gasteiger partial charge < -0.3 is 15.6 Å². The summed E-state index contributed by atoms with van der Waals surface area (Å²) in [6.45, 7) is 0.428. The van der Waals surface area contributed by atoms with Gasteiger partial charge in [-0.1, -0.05) is 0 Å². The molecule has 1 aliphatic carbocycles. The van der Waals surface area contributed by atoms with Gasteiger partial charge in [0.05, 0.1) is 6.61 Å². The van der Waals surface area contributed by atoms with E-state index in [-0.39, 0.29) is 13.0 Å². The van der Waals surface area contributed by atoms with Crippen LogP contribution in [0, 0.1) is 5.92 Å². The monoisotopic (exact) mass is 173 g/mol. The zero-order valence-electron chi connectivity index (χ0n) is 7.03. The molecule has 1 saturated carbocycles. The van der Waals surface area contributed by atoms with E-state index in [0.29, 0.717) is 12.5 Å². The number of nitrogens with two attached hydrogens (primary N) is 1. The van der Waals surface area contributed by atoms with Crippen molar-refractivity contribution < 1.29 is 14.6 Å². The Balaban J connectivity index is 2.07. The third kappa shape index (κ3) is 3.19. The van der Waals surface area contributed by atoms with Crippen molar-refractivity contribution in [2.45, 2.75) is 25.3 Å². The Labute approximate surface area is 71.7 Å². The number of hydrogen-bond donors (Lipinski definition) is 2. The zero-order chi connectivity index (χ0) is 8.97. The van der Waals surface area contributed by atoms with Crippen LogP contribution in [-0.4, -0.2) is 30.3 Å². The van der Waals surface area contributed by atoms with E-state index in [2.05, 4.69) is 0 Å². The quantitative estimate of drug-likeness (QED) is 0.557. The van der Waals surface area contributed by atoms with Crippen molar-refractivity contribution in [3.63, 3.8) is 0 Å². The van der Waals surface area contributed by atoms with Crippen LogP contribution in [0.15, 0.2) is 0 Å². The smallest absolute Gasteiger partial charge is 0.323 e. The maximum Gasteiger partial charge on any atom is 0.323 e. The molecule has 0 heterocycles. The van der Waals surface area contributed by atoms with Crippen molar-refractivity contribution in [3.05, 3.63) is 0 Å². The molecule has 0 aromatic rings. The summed E-state index contributed by atoms with van der Waals surface area (Å²) in [6.07, 6.45) is 2.59. The molecule has 4 heteroatoms. The van der Waals surface area contributed by atoms with Crippen LogP contribution < -0.4 is 5.73 Å². The summed E-state index contributed by atoms with van der Waals surface area (Å²) in [6, 6.07) is -0.659. The highest BCUT2D eigenvalue weighted by molar-refractivity contribution is 5.75. The minimum absolute atomic E-state index is 0.0697. The number of hydrogen-bond acceptors (Lipinski definition) is 4. The van der Waals surface area contributed by atoms with E-state index in [9.17, 15) is 4.79 Å². The molecule has 1 rings (SSSR count). The van der Waals surface area contributed by atoms with Gasteiger partial charge in [0, 0.05) is 6.61 Å². The summed E-state index contributed by atoms with van der Waals surface area (Å²) in [5.41, 5.74) is 5.40. The van der Waals surface area contributed by atoms with Gasteiger partial charge in [-0.25, -0.2) is 0 Å². The summed E-state index contributed by atoms with van der Waals surface area (Å²) in [5.74, 6) is 0.172. The summed E-state index contributed by atoms with van der Waals surface area (Å²) in [4.78, 5) is 11.0. The average Bonchev–Trinajstić information content (AvgIpc) is 2.83. The standard InChI is InChI=1S/C8H15NO3/c9-7(3-4-10)8(11)12-5-6-1-2-6/h6-7,10H,1-5,9H2. The molecule has 4 nitrogen and oxygen atoms in total. The molecule has 0 bridgehead atoms. The normalized spacial score (nSPS) is 18.8. The Hall–Kier alpha value is -0.610. The minimum atomic E-state index is -0.659. The van der Waals surface area contributed by atoms with Gasteiger partial charge in [-0.2, -0.15) is 0 Å². The summed E-state index contributed by atoms with van der Waals surface area (Å²) >= 11 is 0. The second kappa shape index (κ2) is 4.42. The maximum atomic E-state index is 11.0. The summed E-state index contributed by atoms with van der Waals surface area (Å²) in [7, 11) is 0. The van der Waals surface area contributed by atoms with E-state index in [0.717, 1.165) is 12.8 Å². The molecule has 1 fully saturated rings. The van der Waals surface area contributed by atoms with Crippen LogP contribution in [0.2, 0.25) is 0 Å². The number of esters is 1. The molecule has 70 valence electrons. The van der Waals surface area contributed by atoms with E-state index >= 15 is 0 Å². The van der Waals surface area contributed by atoms with E-state index in [4.69, 9.17) is 15.6 Å². The Morgan fingerprint density at radius 2 is 2.33 bits per heavy atom. The van der Waals surface area contributed by atoms with Crippen LogP contribution in [0.1, 0.15) is 19.3 Å². The van der Waals surface area contributed by atoms with E-state index in [1.807, 2.05) is 0 Å². The van der Waals surface area contributed by atoms with Gasteiger partial charge in [-0.15, -0.1) is 0 Å². The molecule has 0 radical (unpaired) electrons. The first-order chi connectivity index (χ1) is 5.74. The van der Waals surface area contributed by atoms with E-state index in [1.54, 1.807) is 0 Å². The number of aliphatic hydroxyl groups excluding tert-OH is 1. The van der Waals surface area contributed by atoms with Gasteiger partial charge in [0.2, 0.25) is 0 Å². The largest absolute Gasteiger partial charge is 0.464 e. The SMILES string of the molecule is NC(CCO)C(=O)OCC1CC1. The molecule has 1 atom stereocenters. The highest BCUT2D eigenvalue weighted by Gasteiger charge is 2.24. The number of rotatable bonds is 5. The third-order valence-electron chi connectivity index (χ3n) is 1.90. The molecule has 0 aromatic carbocycles. The number of ether oxygens (including phenoxy) is 1. The highest BCUT2D eigenvalue weighted by atomic mass is 16.5. The van der Waals surface area contributed by atoms with Crippen molar-refractivity contribution in [2.75, 3.05) is 13.2 Å². The van der Waals surface area contributed by atoms with Gasteiger partial charge in [-0.3, -0.25) is 4.79 Å². The van der Waals surface area contributed by atoms with Crippen LogP contribution in [0.3, 0.4) is 0 Å². The second-order valence-corrected chi connectivity index (χ2v) is 3.19. The lowest BCUT2D eigenvalue weighted by Gasteiger charge is -2.09. The highest BCUT2D eigenvalue weighted by Crippen LogP contribution is 2.28. The first-order valence-electron chi connectivity index (χ1n) is 4.27. The zero-order valence-corrected chi connectivity index (χ0v) is 7.03. The predicted molar refractivity (Wildman–Crippen MR) is 43.4 cm³/mol. The molecule has 0 spiro atoms. The average molecular weight is 173 g/mol. The molecular weight excluding hydrogens is 158 g/mol. The first kappa shape index (κ1) is 9.48. The molecular formula is C8H15NO3. The van der Waals surface area contributed by atoms with Crippen molar-refractivity contribution in [1.29, 1.82) is 0 Å². The molecule has 0 amide bonds. The molecule has 12 heavy (non-hydrogen) atoms. The van der Waals surface area contributed by atoms with Gasteiger partial charge in [0.25, 0.3) is 0 Å². The first-order valence-corrected chi connectivity index (χ1v) is 4.27. The van der Waals surface area contributed by atoms with Crippen molar-refractivity contribution in [1.82, 2.24) is 0 Å². The number of carbonyl (C=O) groups is 1. The molecule has 3 N–H and O–H groups in total. The van der Waals surface area contributed by atoms with E-state index < -0.39 is 12.0 Å². The van der Waals surface area contributed by atoms with Crippen LogP contribution >= 0.6 is 0 Å². The Morgan fingerprint density at radius 3 is 2.83 bits per heavy atom. The Bertz CT molecular complexity index is 156. The Morgan fingerprint density at radius 1 is 1.67 bits per heavy atom. The minimum Gasteiger partial charge on any atom is -0.464 e. The van der Waals surface area contributed by atoms with Gasteiger partial charge in [0.1, 0.15) is 6.04 Å². The fourth-order valence-corrected chi connectivity index (χ4v) is 0.848. The third-order valence-corrected chi connectivity index (χ3v) is 1.90. The van der Waals surface area contributed by atoms with Gasteiger partial charge in [0.15, 0.2) is 0 Å². The fraction of sp³-hybridized carbons (Fsp3) is 0.875.